The summed E-state index contributed by atoms with van der Waals surface area (Å²) in [5, 5.41) is 18.3. The molecule has 0 aliphatic carbocycles. The van der Waals surface area contributed by atoms with Crippen molar-refractivity contribution in [1.82, 2.24) is 35.6 Å². The fourth-order valence-electron chi connectivity index (χ4n) is 3.23. The molecule has 2 heterocycles. The van der Waals surface area contributed by atoms with E-state index < -0.39 is 0 Å². The number of carbonyl (C=O) groups is 1. The summed E-state index contributed by atoms with van der Waals surface area (Å²) in [4.78, 5) is 18.9. The van der Waals surface area contributed by atoms with Gasteiger partial charge in [0.1, 0.15) is 12.4 Å². The summed E-state index contributed by atoms with van der Waals surface area (Å²) in [6, 6.07) is 0.360. The van der Waals surface area contributed by atoms with E-state index in [-0.39, 0.29) is 29.9 Å². The SMILES string of the molecule is CCCCNC(=NCc1nnc(C)n1C)NC1CCN(CC(=O)NCCC)CC1.I. The molecule has 0 aromatic carbocycles. The standard InChI is InChI=1S/C20H38N8O.HI/c1-5-7-11-22-20(23-14-18-26-25-16(3)27(18)4)24-17-8-12-28(13-9-17)15-19(29)21-10-6-2;/h17H,5-15H2,1-4H3,(H,21,29)(H2,22,23,24);1H. The van der Waals surface area contributed by atoms with Crippen LogP contribution in [0.2, 0.25) is 0 Å². The number of rotatable bonds is 10. The van der Waals surface area contributed by atoms with Gasteiger partial charge in [0, 0.05) is 39.3 Å². The number of hydrogen-bond acceptors (Lipinski definition) is 5. The third kappa shape index (κ3) is 9.15. The molecule has 1 aromatic rings. The smallest absolute Gasteiger partial charge is 0.234 e. The highest BCUT2D eigenvalue weighted by Crippen LogP contribution is 2.10. The number of amides is 1. The Balaban J connectivity index is 0.00000450. The molecule has 1 saturated heterocycles. The van der Waals surface area contributed by atoms with Crippen molar-refractivity contribution in [2.24, 2.45) is 12.0 Å². The number of aliphatic imine (C=N–C) groups is 1. The van der Waals surface area contributed by atoms with Crippen molar-refractivity contribution in [3.05, 3.63) is 11.6 Å². The van der Waals surface area contributed by atoms with Crippen LogP contribution in [0.3, 0.4) is 0 Å². The number of likely N-dealkylation sites (tertiary alicyclic amines) is 1. The van der Waals surface area contributed by atoms with Crippen LogP contribution in [0.4, 0.5) is 0 Å². The maximum absolute atomic E-state index is 11.9. The number of carbonyl (C=O) groups excluding carboxylic acids is 1. The van der Waals surface area contributed by atoms with Gasteiger partial charge in [-0.3, -0.25) is 9.69 Å². The number of unbranched alkanes of at least 4 members (excludes halogenated alkanes) is 1. The van der Waals surface area contributed by atoms with Crippen molar-refractivity contribution >= 4 is 35.8 Å². The molecule has 0 atom stereocenters. The van der Waals surface area contributed by atoms with Crippen LogP contribution in [0, 0.1) is 6.92 Å². The van der Waals surface area contributed by atoms with E-state index in [4.69, 9.17) is 4.99 Å². The molecule has 0 unspecified atom stereocenters. The van der Waals surface area contributed by atoms with Gasteiger partial charge in [0.2, 0.25) is 5.91 Å². The van der Waals surface area contributed by atoms with Crippen molar-refractivity contribution in [3.8, 4) is 0 Å². The molecule has 0 radical (unpaired) electrons. The molecular weight excluding hydrogens is 495 g/mol. The summed E-state index contributed by atoms with van der Waals surface area (Å²) in [6.07, 6.45) is 5.21. The van der Waals surface area contributed by atoms with Gasteiger partial charge in [0.25, 0.3) is 0 Å². The predicted molar refractivity (Wildman–Crippen MR) is 131 cm³/mol. The molecule has 1 aromatic heterocycles. The van der Waals surface area contributed by atoms with E-state index in [1.54, 1.807) is 0 Å². The number of piperidine rings is 1. The quantitative estimate of drug-likeness (QED) is 0.183. The molecule has 2 rings (SSSR count). The van der Waals surface area contributed by atoms with Gasteiger partial charge in [0.15, 0.2) is 11.8 Å². The maximum Gasteiger partial charge on any atom is 0.234 e. The first kappa shape index (κ1) is 26.6. The Labute approximate surface area is 197 Å². The van der Waals surface area contributed by atoms with Gasteiger partial charge < -0.3 is 20.5 Å². The highest BCUT2D eigenvalue weighted by Gasteiger charge is 2.21. The van der Waals surface area contributed by atoms with Crippen LogP contribution in [0.25, 0.3) is 0 Å². The lowest BCUT2D eigenvalue weighted by molar-refractivity contribution is -0.122. The van der Waals surface area contributed by atoms with Gasteiger partial charge in [0.05, 0.1) is 6.54 Å². The average molecular weight is 534 g/mol. The van der Waals surface area contributed by atoms with Crippen LogP contribution in [-0.4, -0.2) is 70.3 Å². The molecule has 10 heteroatoms. The van der Waals surface area contributed by atoms with Crippen LogP contribution in [0.5, 0.6) is 0 Å². The first-order chi connectivity index (χ1) is 14.0. The molecule has 1 amide bonds. The zero-order valence-electron chi connectivity index (χ0n) is 18.9. The highest BCUT2D eigenvalue weighted by atomic mass is 127. The van der Waals surface area contributed by atoms with Crippen molar-refractivity contribution in [3.63, 3.8) is 0 Å². The van der Waals surface area contributed by atoms with Crippen molar-refractivity contribution in [2.45, 2.75) is 65.5 Å². The summed E-state index contributed by atoms with van der Waals surface area (Å²) >= 11 is 0. The summed E-state index contributed by atoms with van der Waals surface area (Å²) in [6.45, 7) is 10.7. The lowest BCUT2D eigenvalue weighted by Crippen LogP contribution is -2.50. The Bertz CT molecular complexity index is 655. The molecule has 3 N–H and O–H groups in total. The van der Waals surface area contributed by atoms with Gasteiger partial charge >= 0.3 is 0 Å². The maximum atomic E-state index is 11.9. The van der Waals surface area contributed by atoms with E-state index in [1.807, 2.05) is 18.5 Å². The number of aryl methyl sites for hydroxylation is 1. The minimum absolute atomic E-state index is 0. The zero-order chi connectivity index (χ0) is 21.1. The fraction of sp³-hybridized carbons (Fsp3) is 0.800. The van der Waals surface area contributed by atoms with Crippen LogP contribution in [-0.2, 0) is 18.4 Å². The Morgan fingerprint density at radius 3 is 2.47 bits per heavy atom. The molecule has 0 saturated carbocycles. The van der Waals surface area contributed by atoms with E-state index in [0.29, 0.717) is 19.1 Å². The molecule has 0 bridgehead atoms. The number of hydrogen-bond donors (Lipinski definition) is 3. The molecule has 30 heavy (non-hydrogen) atoms. The van der Waals surface area contributed by atoms with E-state index >= 15 is 0 Å². The van der Waals surface area contributed by atoms with Crippen LogP contribution in [0.15, 0.2) is 4.99 Å². The Hall–Kier alpha value is -1.43. The molecule has 172 valence electrons. The van der Waals surface area contributed by atoms with Crippen molar-refractivity contribution in [1.29, 1.82) is 0 Å². The van der Waals surface area contributed by atoms with E-state index in [1.165, 1.54) is 0 Å². The summed E-state index contributed by atoms with van der Waals surface area (Å²) in [5.41, 5.74) is 0. The van der Waals surface area contributed by atoms with Crippen molar-refractivity contribution < 1.29 is 4.79 Å². The summed E-state index contributed by atoms with van der Waals surface area (Å²) < 4.78 is 1.97. The number of nitrogens with one attached hydrogen (secondary N) is 3. The Morgan fingerprint density at radius 1 is 1.13 bits per heavy atom. The molecule has 0 spiro atoms. The monoisotopic (exact) mass is 534 g/mol. The number of halogens is 1. The second kappa shape index (κ2) is 14.6. The first-order valence-corrected chi connectivity index (χ1v) is 10.9. The van der Waals surface area contributed by atoms with Gasteiger partial charge in [-0.05, 0) is 32.6 Å². The van der Waals surface area contributed by atoms with Gasteiger partial charge in [-0.1, -0.05) is 20.3 Å². The lowest BCUT2D eigenvalue weighted by Gasteiger charge is -2.32. The summed E-state index contributed by atoms with van der Waals surface area (Å²) in [7, 11) is 1.96. The average Bonchev–Trinajstić information content (AvgIpc) is 3.04. The van der Waals surface area contributed by atoms with E-state index in [9.17, 15) is 4.79 Å². The minimum Gasteiger partial charge on any atom is -0.356 e. The first-order valence-electron chi connectivity index (χ1n) is 10.9. The third-order valence-electron chi connectivity index (χ3n) is 5.25. The van der Waals surface area contributed by atoms with Crippen LogP contribution in [0.1, 0.15) is 57.6 Å². The van der Waals surface area contributed by atoms with Gasteiger partial charge in [-0.2, -0.15) is 0 Å². The third-order valence-corrected chi connectivity index (χ3v) is 5.25. The van der Waals surface area contributed by atoms with Crippen molar-refractivity contribution in [2.75, 3.05) is 32.7 Å². The zero-order valence-corrected chi connectivity index (χ0v) is 21.2. The lowest BCUT2D eigenvalue weighted by atomic mass is 10.1. The Kier molecular flexibility index (Phi) is 12.9. The molecule has 1 aliphatic heterocycles. The molecular formula is C20H39IN8O. The minimum atomic E-state index is 0. The van der Waals surface area contributed by atoms with E-state index in [2.05, 4.69) is 44.9 Å². The van der Waals surface area contributed by atoms with Gasteiger partial charge in [-0.25, -0.2) is 4.99 Å². The predicted octanol–water partition coefficient (Wildman–Crippen LogP) is 1.57. The highest BCUT2D eigenvalue weighted by molar-refractivity contribution is 14.0. The molecule has 9 nitrogen and oxygen atoms in total. The number of aromatic nitrogens is 3. The topological polar surface area (TPSA) is 99.5 Å². The van der Waals surface area contributed by atoms with E-state index in [0.717, 1.165) is 75.9 Å². The second-order valence-corrected chi connectivity index (χ2v) is 7.71. The molecule has 1 aliphatic rings. The number of guanidine groups is 1. The molecule has 1 fully saturated rings. The summed E-state index contributed by atoms with van der Waals surface area (Å²) in [5.74, 6) is 2.70. The second-order valence-electron chi connectivity index (χ2n) is 7.71. The fourth-order valence-corrected chi connectivity index (χ4v) is 3.23. The van der Waals surface area contributed by atoms with Crippen LogP contribution >= 0.6 is 24.0 Å². The normalized spacial score (nSPS) is 15.5. The number of nitrogens with zero attached hydrogens (tertiary/aromatic N) is 5. The largest absolute Gasteiger partial charge is 0.356 e. The van der Waals surface area contributed by atoms with Gasteiger partial charge in [-0.15, -0.1) is 34.2 Å². The Morgan fingerprint density at radius 2 is 1.87 bits per heavy atom. The van der Waals surface area contributed by atoms with Crippen LogP contribution < -0.4 is 16.0 Å².